The van der Waals surface area contributed by atoms with Gasteiger partial charge in [-0.05, 0) is 59.0 Å². The molecule has 1 N–H and O–H groups in total. The third-order valence-electron chi connectivity index (χ3n) is 2.97. The van der Waals surface area contributed by atoms with Crippen molar-refractivity contribution in [2.45, 2.75) is 0 Å². The molecule has 1 amide bonds. The Kier molecular flexibility index (Phi) is 4.01. The third-order valence-corrected chi connectivity index (χ3v) is 3.69. The number of hydrogen-bond donors (Lipinski definition) is 1. The number of amides is 1. The van der Waals surface area contributed by atoms with Crippen LogP contribution in [0.25, 0.3) is 5.69 Å². The van der Waals surface area contributed by atoms with E-state index in [0.717, 1.165) is 14.9 Å². The van der Waals surface area contributed by atoms with Gasteiger partial charge in [-0.25, -0.2) is 4.68 Å². The molecule has 0 saturated carbocycles. The highest BCUT2D eigenvalue weighted by atomic mass is 127. The smallest absolute Gasteiger partial charge is 0.258 e. The normalized spacial score (nSPS) is 10.3. The number of halogens is 1. The van der Waals surface area contributed by atoms with Crippen LogP contribution in [0.15, 0.2) is 67.0 Å². The van der Waals surface area contributed by atoms with Gasteiger partial charge in [0, 0.05) is 15.5 Å². The predicted molar refractivity (Wildman–Crippen MR) is 90.7 cm³/mol. The SMILES string of the molecule is O=C(Nc1ccc(I)cc1)c1cnn(-c2ccccc2)c1. The summed E-state index contributed by atoms with van der Waals surface area (Å²) in [7, 11) is 0. The lowest BCUT2D eigenvalue weighted by atomic mass is 10.3. The van der Waals surface area contributed by atoms with E-state index in [1.165, 1.54) is 0 Å². The van der Waals surface area contributed by atoms with Crippen molar-refractivity contribution >= 4 is 34.2 Å². The molecule has 0 aliphatic rings. The summed E-state index contributed by atoms with van der Waals surface area (Å²) in [6.07, 6.45) is 3.28. The van der Waals surface area contributed by atoms with Crippen LogP contribution in [0.1, 0.15) is 10.4 Å². The van der Waals surface area contributed by atoms with Crippen LogP contribution in [-0.2, 0) is 0 Å². The molecule has 0 fully saturated rings. The maximum Gasteiger partial charge on any atom is 0.258 e. The Hall–Kier alpha value is -2.15. The standard InChI is InChI=1S/C16H12IN3O/c17-13-6-8-14(9-7-13)19-16(21)12-10-18-20(11-12)15-4-2-1-3-5-15/h1-11H,(H,19,21). The van der Waals surface area contributed by atoms with Gasteiger partial charge in [0.25, 0.3) is 5.91 Å². The molecule has 3 rings (SSSR count). The number of anilines is 1. The largest absolute Gasteiger partial charge is 0.322 e. The second-order valence-electron chi connectivity index (χ2n) is 4.47. The summed E-state index contributed by atoms with van der Waals surface area (Å²) in [5, 5.41) is 7.07. The molecule has 0 radical (unpaired) electrons. The molecule has 0 unspecified atom stereocenters. The highest BCUT2D eigenvalue weighted by Gasteiger charge is 2.09. The van der Waals surface area contributed by atoms with Gasteiger partial charge in [0.1, 0.15) is 0 Å². The highest BCUT2D eigenvalue weighted by Crippen LogP contribution is 2.13. The Labute approximate surface area is 135 Å². The van der Waals surface area contributed by atoms with Crippen LogP contribution in [0.3, 0.4) is 0 Å². The van der Waals surface area contributed by atoms with Gasteiger partial charge < -0.3 is 5.32 Å². The molecule has 104 valence electrons. The molecule has 5 heteroatoms. The first-order valence-corrected chi connectivity index (χ1v) is 7.47. The minimum absolute atomic E-state index is 0.168. The van der Waals surface area contributed by atoms with Crippen molar-refractivity contribution in [1.29, 1.82) is 0 Å². The number of benzene rings is 2. The van der Waals surface area contributed by atoms with E-state index in [2.05, 4.69) is 33.0 Å². The van der Waals surface area contributed by atoms with Crippen molar-refractivity contribution in [2.75, 3.05) is 5.32 Å². The minimum Gasteiger partial charge on any atom is -0.322 e. The van der Waals surface area contributed by atoms with Crippen molar-refractivity contribution < 1.29 is 4.79 Å². The van der Waals surface area contributed by atoms with Gasteiger partial charge in [-0.2, -0.15) is 5.10 Å². The fourth-order valence-corrected chi connectivity index (χ4v) is 2.26. The Bertz CT molecular complexity index is 751. The van der Waals surface area contributed by atoms with Crippen molar-refractivity contribution in [1.82, 2.24) is 9.78 Å². The molecule has 1 heterocycles. The number of hydrogen-bond acceptors (Lipinski definition) is 2. The van der Waals surface area contributed by atoms with E-state index in [1.807, 2.05) is 54.6 Å². The Balaban J connectivity index is 1.77. The molecule has 4 nitrogen and oxygen atoms in total. The van der Waals surface area contributed by atoms with Crippen molar-refractivity contribution in [2.24, 2.45) is 0 Å². The van der Waals surface area contributed by atoms with E-state index >= 15 is 0 Å². The van der Waals surface area contributed by atoms with Crippen LogP contribution in [-0.4, -0.2) is 15.7 Å². The van der Waals surface area contributed by atoms with Crippen molar-refractivity contribution in [3.05, 3.63) is 76.1 Å². The minimum atomic E-state index is -0.168. The number of carbonyl (C=O) groups is 1. The molecule has 0 aliphatic carbocycles. The summed E-state index contributed by atoms with van der Waals surface area (Å²) in [6, 6.07) is 17.3. The van der Waals surface area contributed by atoms with Gasteiger partial charge in [-0.1, -0.05) is 18.2 Å². The fourth-order valence-electron chi connectivity index (χ4n) is 1.90. The van der Waals surface area contributed by atoms with Crippen molar-refractivity contribution in [3.8, 4) is 5.69 Å². The van der Waals surface area contributed by atoms with Crippen LogP contribution in [0.4, 0.5) is 5.69 Å². The predicted octanol–water partition coefficient (Wildman–Crippen LogP) is 3.73. The number of aromatic nitrogens is 2. The van der Waals surface area contributed by atoms with Crippen LogP contribution in [0.2, 0.25) is 0 Å². The van der Waals surface area contributed by atoms with Crippen molar-refractivity contribution in [3.63, 3.8) is 0 Å². The summed E-state index contributed by atoms with van der Waals surface area (Å²) in [6.45, 7) is 0. The van der Waals surface area contributed by atoms with Gasteiger partial charge in [-0.3, -0.25) is 4.79 Å². The zero-order chi connectivity index (χ0) is 14.7. The van der Waals surface area contributed by atoms with E-state index in [4.69, 9.17) is 0 Å². The highest BCUT2D eigenvalue weighted by molar-refractivity contribution is 14.1. The van der Waals surface area contributed by atoms with E-state index in [0.29, 0.717) is 5.56 Å². The Morgan fingerprint density at radius 1 is 1.05 bits per heavy atom. The molecule has 2 aromatic carbocycles. The molecule has 0 bridgehead atoms. The first-order chi connectivity index (χ1) is 10.2. The van der Waals surface area contributed by atoms with E-state index in [9.17, 15) is 4.79 Å². The summed E-state index contributed by atoms with van der Waals surface area (Å²) in [5.41, 5.74) is 2.22. The van der Waals surface area contributed by atoms with E-state index in [1.54, 1.807) is 17.1 Å². The molecule has 0 atom stereocenters. The average molecular weight is 389 g/mol. The molecule has 0 saturated heterocycles. The summed E-state index contributed by atoms with van der Waals surface area (Å²) in [4.78, 5) is 12.2. The molecule has 0 aliphatic heterocycles. The Morgan fingerprint density at radius 3 is 2.48 bits per heavy atom. The topological polar surface area (TPSA) is 46.9 Å². The van der Waals surface area contributed by atoms with Crippen LogP contribution in [0, 0.1) is 3.57 Å². The van der Waals surface area contributed by atoms with Crippen LogP contribution < -0.4 is 5.32 Å². The maximum atomic E-state index is 12.2. The quantitative estimate of drug-likeness (QED) is 0.694. The van der Waals surface area contributed by atoms with Gasteiger partial charge >= 0.3 is 0 Å². The summed E-state index contributed by atoms with van der Waals surface area (Å²) in [5.74, 6) is -0.168. The van der Waals surface area contributed by atoms with Gasteiger partial charge in [0.2, 0.25) is 0 Å². The third kappa shape index (κ3) is 3.30. The maximum absolute atomic E-state index is 12.2. The zero-order valence-electron chi connectivity index (χ0n) is 11.0. The van der Waals surface area contributed by atoms with Crippen LogP contribution in [0.5, 0.6) is 0 Å². The number of nitrogens with one attached hydrogen (secondary N) is 1. The molecular formula is C16H12IN3O. The number of rotatable bonds is 3. The van der Waals surface area contributed by atoms with Gasteiger partial charge in [-0.15, -0.1) is 0 Å². The molecular weight excluding hydrogens is 377 g/mol. The lowest BCUT2D eigenvalue weighted by Gasteiger charge is -2.03. The lowest BCUT2D eigenvalue weighted by Crippen LogP contribution is -2.10. The fraction of sp³-hybridized carbons (Fsp3) is 0. The second-order valence-corrected chi connectivity index (χ2v) is 5.72. The first kappa shape index (κ1) is 13.8. The van der Waals surface area contributed by atoms with E-state index < -0.39 is 0 Å². The molecule has 0 spiro atoms. The lowest BCUT2D eigenvalue weighted by molar-refractivity contribution is 0.102. The first-order valence-electron chi connectivity index (χ1n) is 6.39. The van der Waals surface area contributed by atoms with E-state index in [-0.39, 0.29) is 5.91 Å². The summed E-state index contributed by atoms with van der Waals surface area (Å²) >= 11 is 2.23. The van der Waals surface area contributed by atoms with Gasteiger partial charge in [0.05, 0.1) is 17.4 Å². The zero-order valence-corrected chi connectivity index (χ0v) is 13.2. The number of para-hydroxylation sites is 1. The molecule has 21 heavy (non-hydrogen) atoms. The molecule has 1 aromatic heterocycles. The monoisotopic (exact) mass is 389 g/mol. The molecule has 3 aromatic rings. The number of carbonyl (C=O) groups excluding carboxylic acids is 1. The Morgan fingerprint density at radius 2 is 1.76 bits per heavy atom. The number of nitrogens with zero attached hydrogens (tertiary/aromatic N) is 2. The van der Waals surface area contributed by atoms with Gasteiger partial charge in [0.15, 0.2) is 0 Å². The second kappa shape index (κ2) is 6.09. The van der Waals surface area contributed by atoms with Crippen LogP contribution >= 0.6 is 22.6 Å². The summed E-state index contributed by atoms with van der Waals surface area (Å²) < 4.78 is 2.81. The average Bonchev–Trinajstić information content (AvgIpc) is 3.00.